The Morgan fingerprint density at radius 2 is 2.04 bits per heavy atom. The van der Waals surface area contributed by atoms with E-state index in [9.17, 15) is 9.59 Å². The molecule has 0 saturated heterocycles. The van der Waals surface area contributed by atoms with Crippen LogP contribution in [0.25, 0.3) is 11.4 Å². The van der Waals surface area contributed by atoms with E-state index in [1.54, 1.807) is 0 Å². The zero-order valence-electron chi connectivity index (χ0n) is 15.2. The normalized spacial score (nSPS) is 23.4. The molecular formula is C19H23N5O2S. The van der Waals surface area contributed by atoms with Gasteiger partial charge in [0.15, 0.2) is 5.82 Å². The van der Waals surface area contributed by atoms with Crippen LogP contribution in [0.4, 0.5) is 5.69 Å². The lowest BCUT2D eigenvalue weighted by molar-refractivity contribution is -0.119. The molecule has 1 aromatic carbocycles. The number of thioether (sulfide) groups is 1. The van der Waals surface area contributed by atoms with Crippen LogP contribution in [-0.2, 0) is 9.59 Å². The van der Waals surface area contributed by atoms with E-state index in [4.69, 9.17) is 0 Å². The minimum atomic E-state index is -0.107. The molecule has 2 saturated carbocycles. The summed E-state index contributed by atoms with van der Waals surface area (Å²) in [7, 11) is 0. The first-order valence-corrected chi connectivity index (χ1v) is 10.3. The third-order valence-corrected chi connectivity index (χ3v) is 6.21. The van der Waals surface area contributed by atoms with E-state index in [1.807, 2.05) is 24.3 Å². The van der Waals surface area contributed by atoms with E-state index in [1.165, 1.54) is 37.9 Å². The van der Waals surface area contributed by atoms with E-state index in [0.29, 0.717) is 28.7 Å². The van der Waals surface area contributed by atoms with Gasteiger partial charge in [-0.15, -0.1) is 5.10 Å². The van der Waals surface area contributed by atoms with Crippen LogP contribution in [0.2, 0.25) is 0 Å². The molecule has 1 aromatic heterocycles. The molecular weight excluding hydrogens is 362 g/mol. The maximum atomic E-state index is 12.2. The predicted molar refractivity (Wildman–Crippen MR) is 104 cm³/mol. The molecule has 7 nitrogen and oxygen atoms in total. The first kappa shape index (κ1) is 18.0. The molecule has 0 unspecified atom stereocenters. The molecule has 2 aliphatic carbocycles. The van der Waals surface area contributed by atoms with Crippen LogP contribution in [0, 0.1) is 11.8 Å². The van der Waals surface area contributed by atoms with Gasteiger partial charge in [-0.3, -0.25) is 14.7 Å². The van der Waals surface area contributed by atoms with Crippen LogP contribution in [0.3, 0.4) is 0 Å². The maximum absolute atomic E-state index is 12.2. The van der Waals surface area contributed by atoms with Gasteiger partial charge in [0.1, 0.15) is 0 Å². The monoisotopic (exact) mass is 385 g/mol. The molecule has 2 fully saturated rings. The van der Waals surface area contributed by atoms with Gasteiger partial charge in [-0.25, -0.2) is 4.98 Å². The van der Waals surface area contributed by atoms with Gasteiger partial charge >= 0.3 is 0 Å². The Balaban J connectivity index is 1.29. The van der Waals surface area contributed by atoms with Crippen LogP contribution in [0.15, 0.2) is 29.4 Å². The highest BCUT2D eigenvalue weighted by Crippen LogP contribution is 2.44. The van der Waals surface area contributed by atoms with Crippen molar-refractivity contribution < 1.29 is 9.59 Å². The molecule has 0 radical (unpaired) electrons. The van der Waals surface area contributed by atoms with Crippen molar-refractivity contribution in [1.29, 1.82) is 0 Å². The fourth-order valence-electron chi connectivity index (χ4n) is 4.15. The van der Waals surface area contributed by atoms with Gasteiger partial charge in [-0.2, -0.15) is 0 Å². The van der Waals surface area contributed by atoms with Crippen LogP contribution in [0.1, 0.15) is 32.6 Å². The van der Waals surface area contributed by atoms with Gasteiger partial charge < -0.3 is 10.6 Å². The summed E-state index contributed by atoms with van der Waals surface area (Å²) < 4.78 is 0. The van der Waals surface area contributed by atoms with E-state index >= 15 is 0 Å². The lowest BCUT2D eigenvalue weighted by Gasteiger charge is -2.22. The number of fused-ring (bicyclic) bond motifs is 2. The summed E-state index contributed by atoms with van der Waals surface area (Å²) in [6.45, 7) is 1.47. The second-order valence-electron chi connectivity index (χ2n) is 7.36. The Morgan fingerprint density at radius 3 is 2.70 bits per heavy atom. The number of H-pyrrole nitrogens is 1. The van der Waals surface area contributed by atoms with Crippen molar-refractivity contribution in [2.24, 2.45) is 11.8 Å². The average molecular weight is 385 g/mol. The Kier molecular flexibility index (Phi) is 5.15. The van der Waals surface area contributed by atoms with Gasteiger partial charge in [0.25, 0.3) is 0 Å². The third-order valence-electron chi connectivity index (χ3n) is 5.36. The van der Waals surface area contributed by atoms with Gasteiger partial charge in [-0.1, -0.05) is 18.2 Å². The molecule has 0 aliphatic heterocycles. The standard InChI is InChI=1S/C19H23N5O2S/c1-11(25)20-15-6-4-13(5-7-15)18-22-19(24-23-18)27-10-17(26)21-16-9-12-2-3-14(16)8-12/h4-7,12,14,16H,2-3,8-10H2,1H3,(H,20,25)(H,21,26)(H,22,23,24)/t12-,14-,16+/m0/s1. The second-order valence-corrected chi connectivity index (χ2v) is 8.31. The molecule has 3 N–H and O–H groups in total. The molecule has 8 heteroatoms. The van der Waals surface area contributed by atoms with Crippen molar-refractivity contribution in [1.82, 2.24) is 20.5 Å². The largest absolute Gasteiger partial charge is 0.352 e. The summed E-state index contributed by atoms with van der Waals surface area (Å²) in [5.74, 6) is 2.42. The first-order valence-electron chi connectivity index (χ1n) is 9.29. The number of hydrogen-bond donors (Lipinski definition) is 3. The number of rotatable bonds is 6. The summed E-state index contributed by atoms with van der Waals surface area (Å²) in [6, 6.07) is 7.72. The smallest absolute Gasteiger partial charge is 0.230 e. The molecule has 3 atom stereocenters. The van der Waals surface area contributed by atoms with Crippen LogP contribution in [0.5, 0.6) is 0 Å². The molecule has 2 bridgehead atoms. The SMILES string of the molecule is CC(=O)Nc1ccc(-c2nc(SCC(=O)N[C@@H]3C[C@H]4CC[C@H]3C4)n[nH]2)cc1. The van der Waals surface area contributed by atoms with Crippen LogP contribution >= 0.6 is 11.8 Å². The van der Waals surface area contributed by atoms with Crippen molar-refractivity contribution in [3.63, 3.8) is 0 Å². The first-order chi connectivity index (χ1) is 13.1. The van der Waals surface area contributed by atoms with Crippen LogP contribution in [-0.4, -0.2) is 38.8 Å². The summed E-state index contributed by atoms with van der Waals surface area (Å²) >= 11 is 1.34. The number of nitrogens with one attached hydrogen (secondary N) is 3. The Bertz CT molecular complexity index is 835. The molecule has 2 aromatic rings. The average Bonchev–Trinajstić information content (AvgIpc) is 3.37. The minimum Gasteiger partial charge on any atom is -0.352 e. The molecule has 1 heterocycles. The number of carbonyl (C=O) groups is 2. The molecule has 0 spiro atoms. The molecule has 142 valence electrons. The second kappa shape index (κ2) is 7.72. The summed E-state index contributed by atoms with van der Waals surface area (Å²) in [5.41, 5.74) is 1.60. The van der Waals surface area contributed by atoms with Crippen molar-refractivity contribution in [2.45, 2.75) is 43.8 Å². The number of anilines is 1. The number of nitrogens with zero attached hydrogens (tertiary/aromatic N) is 2. The zero-order valence-corrected chi connectivity index (χ0v) is 16.0. The molecule has 2 aliphatic rings. The molecule has 4 rings (SSSR count). The number of carbonyl (C=O) groups excluding carboxylic acids is 2. The Labute approximate surface area is 162 Å². The van der Waals surface area contributed by atoms with Crippen molar-refractivity contribution in [3.05, 3.63) is 24.3 Å². The van der Waals surface area contributed by atoms with Gasteiger partial charge in [0.2, 0.25) is 17.0 Å². The number of benzene rings is 1. The number of aromatic nitrogens is 3. The van der Waals surface area contributed by atoms with E-state index in [0.717, 1.165) is 23.6 Å². The quantitative estimate of drug-likeness (QED) is 0.664. The third kappa shape index (κ3) is 4.32. The van der Waals surface area contributed by atoms with E-state index in [-0.39, 0.29) is 11.8 Å². The van der Waals surface area contributed by atoms with E-state index in [2.05, 4.69) is 25.8 Å². The summed E-state index contributed by atoms with van der Waals surface area (Å²) in [4.78, 5) is 27.7. The van der Waals surface area contributed by atoms with Gasteiger partial charge in [-0.05, 0) is 55.4 Å². The highest BCUT2D eigenvalue weighted by atomic mass is 32.2. The fraction of sp³-hybridized carbons (Fsp3) is 0.474. The van der Waals surface area contributed by atoms with Crippen molar-refractivity contribution in [3.8, 4) is 11.4 Å². The highest BCUT2D eigenvalue weighted by Gasteiger charge is 2.39. The van der Waals surface area contributed by atoms with Gasteiger partial charge in [0, 0.05) is 24.2 Å². The molecule has 2 amide bonds. The fourth-order valence-corrected chi connectivity index (χ4v) is 4.76. The van der Waals surface area contributed by atoms with Crippen molar-refractivity contribution in [2.75, 3.05) is 11.1 Å². The van der Waals surface area contributed by atoms with E-state index < -0.39 is 0 Å². The Morgan fingerprint density at radius 1 is 1.22 bits per heavy atom. The lowest BCUT2D eigenvalue weighted by Crippen LogP contribution is -2.39. The number of aromatic amines is 1. The highest BCUT2D eigenvalue weighted by molar-refractivity contribution is 7.99. The Hall–Kier alpha value is -2.35. The lowest BCUT2D eigenvalue weighted by atomic mass is 9.95. The number of amides is 2. The zero-order chi connectivity index (χ0) is 18.8. The predicted octanol–water partition coefficient (Wildman–Crippen LogP) is 2.83. The minimum absolute atomic E-state index is 0.0589. The topological polar surface area (TPSA) is 99.8 Å². The summed E-state index contributed by atoms with van der Waals surface area (Å²) in [6.07, 6.45) is 5.01. The van der Waals surface area contributed by atoms with Crippen molar-refractivity contribution >= 4 is 29.3 Å². The van der Waals surface area contributed by atoms with Gasteiger partial charge in [0.05, 0.1) is 5.75 Å². The van der Waals surface area contributed by atoms with Crippen LogP contribution < -0.4 is 10.6 Å². The number of hydrogen-bond acceptors (Lipinski definition) is 5. The molecule has 27 heavy (non-hydrogen) atoms. The summed E-state index contributed by atoms with van der Waals surface area (Å²) in [5, 5.41) is 13.5. The maximum Gasteiger partial charge on any atom is 0.230 e.